The molecule has 216 valence electrons. The summed E-state index contributed by atoms with van der Waals surface area (Å²) < 4.78 is 75.8. The maximum absolute atomic E-state index is 10.6. The maximum atomic E-state index is 10.6. The van der Waals surface area contributed by atoms with E-state index >= 15 is 0 Å². The molecule has 0 radical (unpaired) electrons. The number of nitrogens with zero attached hydrogens (tertiary/aromatic N) is 2. The van der Waals surface area contributed by atoms with Gasteiger partial charge in [0.15, 0.2) is 0 Å². The van der Waals surface area contributed by atoms with Gasteiger partial charge in [-0.2, -0.15) is 26.3 Å². The van der Waals surface area contributed by atoms with Crippen molar-refractivity contribution in [1.29, 1.82) is 0 Å². The van der Waals surface area contributed by atoms with Crippen molar-refractivity contribution in [2.75, 3.05) is 19.7 Å². The van der Waals surface area contributed by atoms with Crippen molar-refractivity contribution >= 4 is 11.9 Å². The molecule has 2 N–H and O–H groups in total. The van der Waals surface area contributed by atoms with Crippen molar-refractivity contribution in [3.8, 4) is 0 Å². The van der Waals surface area contributed by atoms with Crippen LogP contribution in [0.1, 0.15) is 24.0 Å². The highest BCUT2D eigenvalue weighted by Crippen LogP contribution is 2.32. The molecule has 2 fully saturated rings. The van der Waals surface area contributed by atoms with Crippen LogP contribution in [-0.2, 0) is 32.1 Å². The lowest BCUT2D eigenvalue weighted by atomic mass is 10.1. The molecule has 0 amide bonds. The summed E-state index contributed by atoms with van der Waals surface area (Å²) in [4.78, 5) is 24.6. The van der Waals surface area contributed by atoms with Crippen LogP contribution in [0.2, 0.25) is 0 Å². The minimum Gasteiger partial charge on any atom is -0.475 e. The van der Waals surface area contributed by atoms with Crippen LogP contribution < -0.4 is 0 Å². The molecule has 3 atom stereocenters. The number of alkyl halides is 6. The Morgan fingerprint density at radius 1 is 0.949 bits per heavy atom. The van der Waals surface area contributed by atoms with Crippen LogP contribution in [0.5, 0.6) is 0 Å². The monoisotopic (exact) mass is 566 g/mol. The molecule has 2 aromatic rings. The highest BCUT2D eigenvalue weighted by atomic mass is 19.4. The number of morpholine rings is 1. The van der Waals surface area contributed by atoms with E-state index in [1.54, 1.807) is 6.20 Å². The van der Waals surface area contributed by atoms with Crippen LogP contribution in [0, 0.1) is 0 Å². The number of carboxylic acid groups (broad SMARTS) is 2. The second kappa shape index (κ2) is 14.8. The minimum absolute atomic E-state index is 0.199. The average molecular weight is 566 g/mol. The van der Waals surface area contributed by atoms with E-state index < -0.39 is 24.3 Å². The van der Waals surface area contributed by atoms with Crippen LogP contribution >= 0.6 is 0 Å². The molecule has 0 spiro atoms. The standard InChI is InChI=1S/C21H26N2O2.2C2HF3O2/c1-2-5-17(6-3-1)10-12-23-13-14-24-21-19(23)8-9-20(21)25-16-18-7-4-11-22-15-18;2*3-2(4,5)1(6)7/h1-7,11,15,19-21H,8-10,12-14,16H2;2*(H,6,7)/t19-,20-,21+;;/m0../s1. The van der Waals surface area contributed by atoms with Gasteiger partial charge in [0, 0.05) is 31.5 Å². The Labute approximate surface area is 220 Å². The zero-order chi connectivity index (χ0) is 29.1. The molecule has 2 aliphatic rings. The molecular weight excluding hydrogens is 538 g/mol. The first-order valence-corrected chi connectivity index (χ1v) is 11.8. The summed E-state index contributed by atoms with van der Waals surface area (Å²) in [6.45, 7) is 3.56. The van der Waals surface area contributed by atoms with Crippen molar-refractivity contribution in [3.63, 3.8) is 0 Å². The largest absolute Gasteiger partial charge is 0.490 e. The summed E-state index contributed by atoms with van der Waals surface area (Å²) in [5.41, 5.74) is 2.54. The fourth-order valence-electron chi connectivity index (χ4n) is 4.05. The van der Waals surface area contributed by atoms with Gasteiger partial charge in [-0.15, -0.1) is 0 Å². The number of carboxylic acids is 2. The van der Waals surface area contributed by atoms with Gasteiger partial charge in [-0.3, -0.25) is 9.88 Å². The van der Waals surface area contributed by atoms with Crippen LogP contribution in [0.3, 0.4) is 0 Å². The molecule has 1 aromatic heterocycles. The maximum Gasteiger partial charge on any atom is 0.490 e. The fourth-order valence-corrected chi connectivity index (χ4v) is 4.05. The summed E-state index contributed by atoms with van der Waals surface area (Å²) in [5.74, 6) is -5.51. The van der Waals surface area contributed by atoms with Crippen LogP contribution in [-0.4, -0.2) is 82.3 Å². The van der Waals surface area contributed by atoms with E-state index in [4.69, 9.17) is 29.3 Å². The highest BCUT2D eigenvalue weighted by Gasteiger charge is 2.43. The minimum atomic E-state index is -5.08. The average Bonchev–Trinajstić information content (AvgIpc) is 3.31. The number of hydrogen-bond donors (Lipinski definition) is 2. The lowest BCUT2D eigenvalue weighted by Crippen LogP contribution is -2.52. The number of rotatable bonds is 6. The van der Waals surface area contributed by atoms with E-state index in [9.17, 15) is 26.3 Å². The molecule has 4 rings (SSSR count). The molecule has 14 heteroatoms. The number of hydrogen-bond acceptors (Lipinski definition) is 6. The first kappa shape index (κ1) is 32.0. The van der Waals surface area contributed by atoms with Gasteiger partial charge >= 0.3 is 24.3 Å². The van der Waals surface area contributed by atoms with Crippen molar-refractivity contribution in [1.82, 2.24) is 9.88 Å². The molecule has 39 heavy (non-hydrogen) atoms. The van der Waals surface area contributed by atoms with Crippen LogP contribution in [0.4, 0.5) is 26.3 Å². The van der Waals surface area contributed by atoms with Gasteiger partial charge in [-0.1, -0.05) is 36.4 Å². The van der Waals surface area contributed by atoms with Gasteiger partial charge in [0.2, 0.25) is 0 Å². The molecule has 0 unspecified atom stereocenters. The van der Waals surface area contributed by atoms with E-state index in [-0.39, 0.29) is 12.2 Å². The van der Waals surface area contributed by atoms with Gasteiger partial charge in [0.1, 0.15) is 0 Å². The van der Waals surface area contributed by atoms with Gasteiger partial charge in [-0.25, -0.2) is 9.59 Å². The number of halogens is 6. The normalized spacial score (nSPS) is 21.0. The number of carbonyl (C=O) groups is 2. The van der Waals surface area contributed by atoms with Gasteiger partial charge in [0.25, 0.3) is 0 Å². The smallest absolute Gasteiger partial charge is 0.475 e. The Morgan fingerprint density at radius 3 is 2.08 bits per heavy atom. The molecule has 1 aliphatic heterocycles. The number of pyridine rings is 1. The Kier molecular flexibility index (Phi) is 12.1. The van der Waals surface area contributed by atoms with E-state index in [0.29, 0.717) is 12.6 Å². The molecule has 1 saturated heterocycles. The predicted octanol–water partition coefficient (Wildman–Crippen LogP) is 4.34. The van der Waals surface area contributed by atoms with E-state index in [1.165, 1.54) is 5.56 Å². The quantitative estimate of drug-likeness (QED) is 0.498. The number of fused-ring (bicyclic) bond motifs is 1. The van der Waals surface area contributed by atoms with Gasteiger partial charge in [0.05, 0.1) is 25.4 Å². The lowest BCUT2D eigenvalue weighted by molar-refractivity contribution is -0.193. The Hall–Kier alpha value is -3.23. The van der Waals surface area contributed by atoms with Crippen molar-refractivity contribution < 1.29 is 55.6 Å². The SMILES string of the molecule is O=C(O)C(F)(F)F.O=C(O)C(F)(F)F.c1ccc(CCN2CCO[C@H]3[C@@H](OCc4cccnc4)CC[C@@H]32)cc1. The summed E-state index contributed by atoms with van der Waals surface area (Å²) in [6.07, 6.45) is -2.74. The molecule has 8 nitrogen and oxygen atoms in total. The highest BCUT2D eigenvalue weighted by molar-refractivity contribution is 5.73. The van der Waals surface area contributed by atoms with Gasteiger partial charge in [-0.05, 0) is 36.5 Å². The van der Waals surface area contributed by atoms with Crippen molar-refractivity contribution in [3.05, 3.63) is 66.0 Å². The third-order valence-corrected chi connectivity index (χ3v) is 5.85. The number of benzene rings is 1. The summed E-state index contributed by atoms with van der Waals surface area (Å²) in [5, 5.41) is 14.2. The van der Waals surface area contributed by atoms with E-state index in [2.05, 4.69) is 46.3 Å². The number of aliphatic carboxylic acids is 2. The molecule has 2 heterocycles. The van der Waals surface area contributed by atoms with Crippen molar-refractivity contribution in [2.45, 2.75) is 56.5 Å². The Balaban J connectivity index is 0.000000317. The van der Waals surface area contributed by atoms with E-state index in [0.717, 1.165) is 44.5 Å². The van der Waals surface area contributed by atoms with Crippen molar-refractivity contribution in [2.24, 2.45) is 0 Å². The summed E-state index contributed by atoms with van der Waals surface area (Å²) >= 11 is 0. The molecule has 1 aliphatic carbocycles. The zero-order valence-electron chi connectivity index (χ0n) is 20.6. The molecule has 1 saturated carbocycles. The van der Waals surface area contributed by atoms with E-state index in [1.807, 2.05) is 12.3 Å². The van der Waals surface area contributed by atoms with Gasteiger partial charge < -0.3 is 19.7 Å². The molecule has 1 aromatic carbocycles. The molecular formula is C25H28F6N2O6. The fraction of sp³-hybridized carbons (Fsp3) is 0.480. The van der Waals surface area contributed by atoms with Crippen LogP contribution in [0.15, 0.2) is 54.9 Å². The first-order valence-electron chi connectivity index (χ1n) is 11.8. The first-order chi connectivity index (χ1) is 18.3. The second-order valence-electron chi connectivity index (χ2n) is 8.57. The third-order valence-electron chi connectivity index (χ3n) is 5.85. The number of ether oxygens (including phenoxy) is 2. The summed E-state index contributed by atoms with van der Waals surface area (Å²) in [6, 6.07) is 15.3. The zero-order valence-corrected chi connectivity index (χ0v) is 20.6. The Morgan fingerprint density at radius 2 is 1.54 bits per heavy atom. The Bertz CT molecular complexity index is 999. The molecule has 0 bridgehead atoms. The third kappa shape index (κ3) is 11.2. The summed E-state index contributed by atoms with van der Waals surface area (Å²) in [7, 11) is 0. The number of aromatic nitrogens is 1. The second-order valence-corrected chi connectivity index (χ2v) is 8.57. The van der Waals surface area contributed by atoms with Crippen LogP contribution in [0.25, 0.3) is 0 Å². The topological polar surface area (TPSA) is 109 Å². The predicted molar refractivity (Wildman–Crippen MR) is 125 cm³/mol. The lowest BCUT2D eigenvalue weighted by Gasteiger charge is -2.39.